The highest BCUT2D eigenvalue weighted by Gasteiger charge is 2.51. The van der Waals surface area contributed by atoms with E-state index in [0.29, 0.717) is 6.42 Å². The van der Waals surface area contributed by atoms with E-state index in [1.807, 2.05) is 13.8 Å². The summed E-state index contributed by atoms with van der Waals surface area (Å²) < 4.78 is 73.5. The Hall–Kier alpha value is -3.32. The minimum Gasteiger partial charge on any atom is -0.507 e. The normalized spacial score (nSPS) is 40.8. The third-order valence-electron chi connectivity index (χ3n) is 16.7. The van der Waals surface area contributed by atoms with Crippen LogP contribution in [0.15, 0.2) is 12.1 Å². The maximum Gasteiger partial charge on any atom is 0.202 e. The largest absolute Gasteiger partial charge is 0.507 e. The summed E-state index contributed by atoms with van der Waals surface area (Å²) in [5, 5.41) is 110. The Balaban J connectivity index is 1.04. The van der Waals surface area contributed by atoms with Gasteiger partial charge < -0.3 is 108 Å². The molecule has 26 atom stereocenters. The van der Waals surface area contributed by atoms with E-state index in [-0.39, 0.29) is 83.4 Å². The van der Waals surface area contributed by atoms with Crippen molar-refractivity contribution in [3.05, 3.63) is 28.8 Å². The zero-order chi connectivity index (χ0) is 57.6. The highest BCUT2D eigenvalue weighted by Crippen LogP contribution is 2.50. The Morgan fingerprint density at radius 2 is 1.13 bits per heavy atom. The van der Waals surface area contributed by atoms with Crippen LogP contribution < -0.4 is 4.74 Å². The van der Waals surface area contributed by atoms with Crippen molar-refractivity contribution in [2.45, 2.75) is 254 Å². The summed E-state index contributed by atoms with van der Waals surface area (Å²) in [5.41, 5.74) is 0.261. The number of aliphatic hydroxyl groups excluding tert-OH is 8. The summed E-state index contributed by atoms with van der Waals surface area (Å²) in [7, 11) is 2.71. The van der Waals surface area contributed by atoms with Crippen molar-refractivity contribution in [2.75, 3.05) is 14.2 Å². The molecule has 5 heterocycles. The molecule has 2 aromatic rings. The first-order valence-corrected chi connectivity index (χ1v) is 27.5. The molecule has 0 aromatic heterocycles. The smallest absolute Gasteiger partial charge is 0.202 e. The monoisotopic (exact) mass is 1130 g/mol. The van der Waals surface area contributed by atoms with Gasteiger partial charge in [-0.3, -0.25) is 9.59 Å². The Morgan fingerprint density at radius 1 is 0.646 bits per heavy atom. The second kappa shape index (κ2) is 25.7. The maximum absolute atomic E-state index is 15.2. The molecule has 0 radical (unpaired) electrons. The second-order valence-corrected chi connectivity index (χ2v) is 22.3. The third-order valence-corrected chi connectivity index (χ3v) is 16.7. The van der Waals surface area contributed by atoms with Crippen molar-refractivity contribution in [1.29, 1.82) is 0 Å². The number of aromatic hydroxyl groups is 2. The van der Waals surface area contributed by atoms with Crippen LogP contribution in [0.5, 0.6) is 17.2 Å². The fourth-order valence-electron chi connectivity index (χ4n) is 12.0. The Morgan fingerprint density at radius 3 is 1.65 bits per heavy atom. The van der Waals surface area contributed by atoms with Crippen LogP contribution in [0.1, 0.15) is 121 Å². The van der Waals surface area contributed by atoms with Gasteiger partial charge in [0.2, 0.25) is 6.29 Å². The van der Waals surface area contributed by atoms with E-state index in [1.165, 1.54) is 21.1 Å². The van der Waals surface area contributed by atoms with Crippen LogP contribution in [0, 0.1) is 5.92 Å². The lowest BCUT2D eigenvalue weighted by Gasteiger charge is -2.46. The summed E-state index contributed by atoms with van der Waals surface area (Å²) in [4.78, 5) is 29.1. The van der Waals surface area contributed by atoms with Crippen LogP contribution in [-0.4, -0.2) is 224 Å². The average Bonchev–Trinajstić information content (AvgIpc) is 3.48. The number of hydrogen-bond acceptors (Lipinski definition) is 24. The molecule has 0 unspecified atom stereocenters. The summed E-state index contributed by atoms with van der Waals surface area (Å²) in [5.74, 6) is -4.22. The van der Waals surface area contributed by atoms with E-state index < -0.39 is 171 Å². The molecule has 10 N–H and O–H groups in total. The van der Waals surface area contributed by atoms with Gasteiger partial charge in [0.1, 0.15) is 66.1 Å². The van der Waals surface area contributed by atoms with Gasteiger partial charge in [0.05, 0.1) is 78.1 Å². The van der Waals surface area contributed by atoms with E-state index in [4.69, 9.17) is 56.8 Å². The number of phenolic OH excluding ortho intramolecular Hbond substituents is 2. The van der Waals surface area contributed by atoms with Gasteiger partial charge in [-0.05, 0) is 83.4 Å². The van der Waals surface area contributed by atoms with E-state index in [1.54, 1.807) is 46.8 Å². The molecule has 1 aliphatic carbocycles. The van der Waals surface area contributed by atoms with Gasteiger partial charge in [0.15, 0.2) is 36.7 Å². The van der Waals surface area contributed by atoms with Crippen LogP contribution >= 0.6 is 0 Å². The van der Waals surface area contributed by atoms with Gasteiger partial charge in [0, 0.05) is 57.8 Å². The second-order valence-electron chi connectivity index (χ2n) is 22.3. The molecule has 5 aliphatic heterocycles. The Labute approximate surface area is 458 Å². The van der Waals surface area contributed by atoms with Crippen molar-refractivity contribution in [3.63, 3.8) is 0 Å². The standard InChI is InChI=1S/C55H82O24/c1-11-20(2)41-32(75-36-15-30(57)45(60)22(4)70-36)14-28-12-27-13-29(54(69-10)52(67)44(59)21(3)56)55(51(66)43(27)50(65)42(28)49(41)64)79-40-18-34(48(63)25(7)73-40)76-38-17-33(47(62)24(6)72-38)77-39-19-35(53(68-9)26(8)74-39)78-37-16-31(58)46(61)23(5)71-37/h12,14,20-26,29-31,33-40,44-48,53-65H,11,13,15-19H2,1-10H3/t20-,21-,22+,23+,24+,25+,26+,29+,30+,31+,33+,34+,35+,36-,37-,38-,39-,40-,44+,45+,46+,47-,48+,53+,54+,55+/m0/s1. The van der Waals surface area contributed by atoms with E-state index in [9.17, 15) is 55.9 Å². The molecule has 79 heavy (non-hydrogen) atoms. The minimum atomic E-state index is -1.94. The lowest BCUT2D eigenvalue weighted by molar-refractivity contribution is -0.339. The zero-order valence-electron chi connectivity index (χ0n) is 46.3. The van der Waals surface area contributed by atoms with Crippen LogP contribution in [-0.2, 0) is 63.3 Å². The summed E-state index contributed by atoms with van der Waals surface area (Å²) in [6.07, 6.45) is -25.9. The lowest BCUT2D eigenvalue weighted by Crippen LogP contribution is -2.57. The molecule has 446 valence electrons. The van der Waals surface area contributed by atoms with Crippen molar-refractivity contribution in [2.24, 2.45) is 5.92 Å². The molecule has 24 heteroatoms. The first-order valence-electron chi connectivity index (χ1n) is 27.5. The molecular formula is C55H82O24. The quantitative estimate of drug-likeness (QED) is 0.100. The van der Waals surface area contributed by atoms with Crippen LogP contribution in [0.4, 0.5) is 0 Å². The van der Waals surface area contributed by atoms with Gasteiger partial charge in [-0.25, -0.2) is 0 Å². The number of carbonyl (C=O) groups is 2. The number of carbonyl (C=O) groups excluding carboxylic acids is 2. The zero-order valence-corrected chi connectivity index (χ0v) is 46.3. The predicted octanol–water partition coefficient (Wildman–Crippen LogP) is 1.22. The molecule has 5 saturated heterocycles. The maximum atomic E-state index is 15.2. The molecule has 0 saturated carbocycles. The van der Waals surface area contributed by atoms with Gasteiger partial charge in [0.25, 0.3) is 0 Å². The summed E-state index contributed by atoms with van der Waals surface area (Å²) >= 11 is 0. The molecule has 0 amide bonds. The van der Waals surface area contributed by atoms with Gasteiger partial charge in [-0.15, -0.1) is 0 Å². The molecule has 6 aliphatic rings. The Bertz CT molecular complexity index is 2380. The Kier molecular flexibility index (Phi) is 20.1. The summed E-state index contributed by atoms with van der Waals surface area (Å²) in [6, 6.07) is 3.12. The number of Topliss-reactive ketones (excluding diaryl/α,β-unsaturated/α-hetero) is 2. The number of aliphatic hydroxyl groups is 8. The minimum absolute atomic E-state index is 0.0208. The number of rotatable bonds is 18. The lowest BCUT2D eigenvalue weighted by atomic mass is 9.74. The number of benzene rings is 2. The van der Waals surface area contributed by atoms with Gasteiger partial charge >= 0.3 is 0 Å². The molecule has 2 aromatic carbocycles. The van der Waals surface area contributed by atoms with E-state index in [2.05, 4.69) is 0 Å². The molecule has 5 fully saturated rings. The van der Waals surface area contributed by atoms with Gasteiger partial charge in [-0.2, -0.15) is 0 Å². The SMILES string of the molecule is CC[C@H](C)c1c(O[C@H]2C[C@@H](O)[C@H](O)[C@@H](C)O2)cc2cc3c(c(O)c2c1O)C(=O)[C@H](O[C@H]1C[C@@H](O[C@H]2C[C@@H](O[C@H]4C[C@@H](O[C@H]5C[C@@H](O)[C@H](O)[C@@H](C)O5)[C@H](OC)[C@@H](C)O4)[C@@H](O)[C@@H](C)O2)[C@H](O)[C@@H](C)O1)[C@@H]([C@@H](OC)C(=O)[C@H](O)[C@H](C)O)C3. The fourth-order valence-corrected chi connectivity index (χ4v) is 12.0. The van der Waals surface area contributed by atoms with Crippen LogP contribution in [0.3, 0.4) is 0 Å². The fraction of sp³-hybridized carbons (Fsp3) is 0.782. The number of phenols is 2. The number of hydrogen-bond donors (Lipinski definition) is 10. The van der Waals surface area contributed by atoms with Crippen LogP contribution in [0.25, 0.3) is 10.8 Å². The molecule has 0 bridgehead atoms. The number of fused-ring (bicyclic) bond motifs is 2. The topological polar surface area (TPSA) is 347 Å². The van der Waals surface area contributed by atoms with Crippen molar-refractivity contribution >= 4 is 22.3 Å². The van der Waals surface area contributed by atoms with E-state index >= 15 is 4.79 Å². The molecular weight excluding hydrogens is 1040 g/mol. The molecule has 8 rings (SSSR count). The number of ether oxygens (including phenoxy) is 12. The highest BCUT2D eigenvalue weighted by molar-refractivity contribution is 6.11. The van der Waals surface area contributed by atoms with E-state index in [0.717, 1.165) is 0 Å². The number of methoxy groups -OCH3 is 2. The van der Waals surface area contributed by atoms with Crippen molar-refractivity contribution < 1.29 is 117 Å². The third kappa shape index (κ3) is 12.9. The predicted molar refractivity (Wildman–Crippen MR) is 273 cm³/mol. The number of ketones is 2. The van der Waals surface area contributed by atoms with Crippen LogP contribution in [0.2, 0.25) is 0 Å². The summed E-state index contributed by atoms with van der Waals surface area (Å²) in [6.45, 7) is 13.1. The van der Waals surface area contributed by atoms with Crippen molar-refractivity contribution in [1.82, 2.24) is 0 Å². The highest BCUT2D eigenvalue weighted by atomic mass is 16.7. The van der Waals surface area contributed by atoms with Crippen molar-refractivity contribution in [3.8, 4) is 17.2 Å². The molecule has 24 nitrogen and oxygen atoms in total. The van der Waals surface area contributed by atoms with Gasteiger partial charge in [-0.1, -0.05) is 13.8 Å². The first kappa shape index (κ1) is 61.7. The average molecular weight is 1130 g/mol. The first-order chi connectivity index (χ1) is 37.3. The molecule has 0 spiro atoms.